The van der Waals surface area contributed by atoms with E-state index in [1.54, 1.807) is 21.0 Å². The zero-order chi connectivity index (χ0) is 25.7. The molecule has 0 radical (unpaired) electrons. The van der Waals surface area contributed by atoms with Crippen molar-refractivity contribution in [3.8, 4) is 5.75 Å². The SMILES string of the molecule is CCOC(=O)C1(C(=O)OCC)C[C@@H]2C[C@H]3c4ccccc4C(=O)[C@]2(C1)N3C(C)c1ccc(OC)cc1. The number of esters is 2. The van der Waals surface area contributed by atoms with Crippen LogP contribution >= 0.6 is 0 Å². The minimum atomic E-state index is -1.50. The van der Waals surface area contributed by atoms with Crippen LogP contribution in [-0.4, -0.2) is 48.5 Å². The molecule has 7 nitrogen and oxygen atoms in total. The first kappa shape index (κ1) is 24.5. The van der Waals surface area contributed by atoms with Crippen LogP contribution in [0.25, 0.3) is 0 Å². The van der Waals surface area contributed by atoms with Crippen LogP contribution in [0.1, 0.15) is 73.6 Å². The summed E-state index contributed by atoms with van der Waals surface area (Å²) >= 11 is 0. The van der Waals surface area contributed by atoms with E-state index < -0.39 is 22.9 Å². The molecule has 2 bridgehead atoms. The Hall–Kier alpha value is -3.19. The third-order valence-electron chi connectivity index (χ3n) is 8.45. The number of rotatable bonds is 7. The minimum absolute atomic E-state index is 0.00314. The van der Waals surface area contributed by atoms with E-state index in [1.807, 2.05) is 48.5 Å². The van der Waals surface area contributed by atoms with Gasteiger partial charge in [0.05, 0.1) is 25.9 Å². The molecular formula is C29H33NO6. The predicted octanol–water partition coefficient (Wildman–Crippen LogP) is 4.66. The van der Waals surface area contributed by atoms with E-state index in [2.05, 4.69) is 11.8 Å². The summed E-state index contributed by atoms with van der Waals surface area (Å²) in [5.41, 5.74) is 0.240. The van der Waals surface area contributed by atoms with Gasteiger partial charge in [0.2, 0.25) is 0 Å². The topological polar surface area (TPSA) is 82.1 Å². The molecule has 2 aromatic carbocycles. The lowest BCUT2D eigenvalue weighted by Crippen LogP contribution is -2.57. The van der Waals surface area contributed by atoms with Crippen LogP contribution in [0.3, 0.4) is 0 Å². The second-order valence-electron chi connectivity index (χ2n) is 10.0. The zero-order valence-corrected chi connectivity index (χ0v) is 21.3. The number of Topliss-reactive ketones (excluding diaryl/α,β-unsaturated/α-hetero) is 1. The summed E-state index contributed by atoms with van der Waals surface area (Å²) in [4.78, 5) is 43.4. The number of benzene rings is 2. The van der Waals surface area contributed by atoms with Crippen molar-refractivity contribution in [2.45, 2.75) is 57.7 Å². The number of ketones is 1. The van der Waals surface area contributed by atoms with Crippen LogP contribution in [0.15, 0.2) is 48.5 Å². The number of nitrogens with zero attached hydrogens (tertiary/aromatic N) is 1. The average Bonchev–Trinajstić information content (AvgIpc) is 3.37. The van der Waals surface area contributed by atoms with Crippen molar-refractivity contribution in [3.05, 3.63) is 65.2 Å². The van der Waals surface area contributed by atoms with Crippen LogP contribution in [0.5, 0.6) is 5.75 Å². The highest BCUT2D eigenvalue weighted by atomic mass is 16.6. The Morgan fingerprint density at radius 1 is 1.03 bits per heavy atom. The summed E-state index contributed by atoms with van der Waals surface area (Å²) in [5, 5.41) is 0. The van der Waals surface area contributed by atoms with Crippen molar-refractivity contribution in [1.82, 2.24) is 4.90 Å². The average molecular weight is 492 g/mol. The van der Waals surface area contributed by atoms with Crippen molar-refractivity contribution in [2.24, 2.45) is 11.3 Å². The Balaban J connectivity index is 1.66. The normalized spacial score (nSPS) is 26.6. The molecule has 1 spiro atoms. The summed E-state index contributed by atoms with van der Waals surface area (Å²) in [6.07, 6.45) is 0.989. The molecule has 2 heterocycles. The lowest BCUT2D eigenvalue weighted by molar-refractivity contribution is -0.172. The first-order valence-corrected chi connectivity index (χ1v) is 12.7. The van der Waals surface area contributed by atoms with Gasteiger partial charge in [-0.2, -0.15) is 0 Å². The monoisotopic (exact) mass is 491 g/mol. The van der Waals surface area contributed by atoms with Gasteiger partial charge in [-0.1, -0.05) is 36.4 Å². The summed E-state index contributed by atoms with van der Waals surface area (Å²) in [6, 6.07) is 15.5. The van der Waals surface area contributed by atoms with Crippen LogP contribution in [0, 0.1) is 11.3 Å². The molecule has 5 rings (SSSR count). The number of carbonyl (C=O) groups is 3. The van der Waals surface area contributed by atoms with Gasteiger partial charge in [-0.15, -0.1) is 0 Å². The molecule has 3 aliphatic rings. The first-order chi connectivity index (χ1) is 17.3. The molecule has 1 saturated heterocycles. The van der Waals surface area contributed by atoms with E-state index in [0.717, 1.165) is 16.9 Å². The minimum Gasteiger partial charge on any atom is -0.497 e. The van der Waals surface area contributed by atoms with E-state index >= 15 is 0 Å². The Kier molecular flexibility index (Phi) is 6.15. The van der Waals surface area contributed by atoms with Crippen molar-refractivity contribution < 1.29 is 28.6 Å². The molecule has 1 saturated carbocycles. The second-order valence-corrected chi connectivity index (χ2v) is 10.0. The van der Waals surface area contributed by atoms with E-state index in [4.69, 9.17) is 14.2 Å². The standard InChI is InChI=1S/C29H33NO6/c1-5-35-26(32)28(27(33)36-6-2)16-20-15-24-22-9-7-8-10-23(22)25(31)29(20,17-28)30(24)18(3)19-11-13-21(34-4)14-12-19/h7-14,18,20,24H,5-6,15-17H2,1-4H3/t18?,20-,24-,29+/m0/s1. The van der Waals surface area contributed by atoms with Crippen molar-refractivity contribution in [2.75, 3.05) is 20.3 Å². The largest absolute Gasteiger partial charge is 0.497 e. The highest BCUT2D eigenvalue weighted by Crippen LogP contribution is 2.66. The summed E-state index contributed by atoms with van der Waals surface area (Å²) in [5.74, 6) is -0.626. The fourth-order valence-electron chi connectivity index (χ4n) is 6.99. The lowest BCUT2D eigenvalue weighted by Gasteiger charge is -2.48. The number of hydrogen-bond acceptors (Lipinski definition) is 7. The molecule has 2 aromatic rings. The molecule has 2 fully saturated rings. The van der Waals surface area contributed by atoms with Gasteiger partial charge in [-0.3, -0.25) is 19.3 Å². The second kappa shape index (κ2) is 9.04. The number of methoxy groups -OCH3 is 1. The summed E-state index contributed by atoms with van der Waals surface area (Å²) in [6.45, 7) is 5.85. The molecule has 190 valence electrons. The fourth-order valence-corrected chi connectivity index (χ4v) is 6.99. The maximum Gasteiger partial charge on any atom is 0.323 e. The van der Waals surface area contributed by atoms with Crippen LogP contribution in [-0.2, 0) is 19.1 Å². The number of hydrogen-bond donors (Lipinski definition) is 0. The Morgan fingerprint density at radius 2 is 1.67 bits per heavy atom. The van der Waals surface area contributed by atoms with Crippen LogP contribution in [0.4, 0.5) is 0 Å². The molecular weight excluding hydrogens is 458 g/mol. The van der Waals surface area contributed by atoms with Gasteiger partial charge in [0, 0.05) is 24.1 Å². The third kappa shape index (κ3) is 3.32. The molecule has 0 aromatic heterocycles. The summed E-state index contributed by atoms with van der Waals surface area (Å²) < 4.78 is 16.2. The van der Waals surface area contributed by atoms with Gasteiger partial charge in [0.1, 0.15) is 5.75 Å². The zero-order valence-electron chi connectivity index (χ0n) is 21.3. The third-order valence-corrected chi connectivity index (χ3v) is 8.45. The molecule has 1 unspecified atom stereocenters. The van der Waals surface area contributed by atoms with Gasteiger partial charge in [-0.05, 0) is 62.8 Å². The molecule has 0 amide bonds. The van der Waals surface area contributed by atoms with Gasteiger partial charge in [0.15, 0.2) is 11.2 Å². The Morgan fingerprint density at radius 3 is 2.28 bits per heavy atom. The number of fused-ring (bicyclic) bond motifs is 3. The molecule has 2 aliphatic heterocycles. The number of carbonyl (C=O) groups excluding carboxylic acids is 3. The first-order valence-electron chi connectivity index (χ1n) is 12.7. The quantitative estimate of drug-likeness (QED) is 0.411. The molecule has 36 heavy (non-hydrogen) atoms. The molecule has 0 N–H and O–H groups in total. The lowest BCUT2D eigenvalue weighted by atomic mass is 9.75. The van der Waals surface area contributed by atoms with Gasteiger partial charge < -0.3 is 14.2 Å². The van der Waals surface area contributed by atoms with Crippen molar-refractivity contribution in [3.63, 3.8) is 0 Å². The highest BCUT2D eigenvalue weighted by molar-refractivity contribution is 6.10. The molecule has 4 atom stereocenters. The van der Waals surface area contributed by atoms with Crippen molar-refractivity contribution in [1.29, 1.82) is 0 Å². The van der Waals surface area contributed by atoms with Crippen LogP contribution in [0.2, 0.25) is 0 Å². The van der Waals surface area contributed by atoms with Gasteiger partial charge >= 0.3 is 11.9 Å². The van der Waals surface area contributed by atoms with Crippen molar-refractivity contribution >= 4 is 17.7 Å². The van der Waals surface area contributed by atoms with E-state index in [0.29, 0.717) is 12.0 Å². The predicted molar refractivity (Wildman–Crippen MR) is 133 cm³/mol. The highest BCUT2D eigenvalue weighted by Gasteiger charge is 2.73. The maximum absolute atomic E-state index is 14.4. The maximum atomic E-state index is 14.4. The van der Waals surface area contributed by atoms with Crippen LogP contribution < -0.4 is 4.74 Å². The molecule has 7 heteroatoms. The Labute approximate surface area is 211 Å². The van der Waals surface area contributed by atoms with E-state index in [9.17, 15) is 14.4 Å². The number of ether oxygens (including phenoxy) is 3. The Bertz CT molecular complexity index is 1170. The van der Waals surface area contributed by atoms with E-state index in [-0.39, 0.29) is 49.8 Å². The smallest absolute Gasteiger partial charge is 0.323 e. The fraction of sp³-hybridized carbons (Fsp3) is 0.483. The summed E-state index contributed by atoms with van der Waals surface area (Å²) in [7, 11) is 1.63. The van der Waals surface area contributed by atoms with E-state index in [1.165, 1.54) is 0 Å². The molecule has 1 aliphatic carbocycles. The van der Waals surface area contributed by atoms with Gasteiger partial charge in [-0.25, -0.2) is 0 Å². The van der Waals surface area contributed by atoms with Gasteiger partial charge in [0.25, 0.3) is 0 Å².